The fourth-order valence-electron chi connectivity index (χ4n) is 25.5. The van der Waals surface area contributed by atoms with Crippen molar-refractivity contribution in [1.29, 1.82) is 0 Å². The van der Waals surface area contributed by atoms with Gasteiger partial charge in [0.25, 0.3) is 0 Å². The van der Waals surface area contributed by atoms with Gasteiger partial charge in [-0.25, -0.2) is 0 Å². The van der Waals surface area contributed by atoms with Gasteiger partial charge < -0.3 is 66.3 Å². The zero-order valence-electron chi connectivity index (χ0n) is 85.8. The number of hydrogen-bond donors (Lipinski definition) is 0. The number of morpholine rings is 2. The summed E-state index contributed by atoms with van der Waals surface area (Å²) >= 11 is 0. The van der Waals surface area contributed by atoms with E-state index in [2.05, 4.69) is 318 Å². The van der Waals surface area contributed by atoms with E-state index in [1.165, 1.54) is 299 Å². The predicted octanol–water partition coefficient (Wildman–Crippen LogP) is 28.4. The number of fused-ring (bicyclic) bond motifs is 24. The smallest absolute Gasteiger partial charge is 0.0676 e. The van der Waals surface area contributed by atoms with E-state index >= 15 is 0 Å². The Morgan fingerprint density at radius 3 is 0.560 bits per heavy atom. The summed E-state index contributed by atoms with van der Waals surface area (Å²) in [5.41, 5.74) is 29.4. The van der Waals surface area contributed by atoms with Crippen LogP contribution in [0.15, 0.2) is 267 Å². The number of ether oxygens (including phenoxy) is 2. The Balaban J connectivity index is 0.000000116. The van der Waals surface area contributed by atoms with Crippen LogP contribution >= 0.6 is 0 Å². The monoisotopic (exact) mass is 2700 g/mol. The number of pyridine rings is 4. The van der Waals surface area contributed by atoms with Crippen molar-refractivity contribution in [3.05, 3.63) is 292 Å². The number of benzene rings is 12. The number of nitrogens with zero attached hydrogens (tertiary/aromatic N) is 16. The molecule has 0 saturated carbocycles. The van der Waals surface area contributed by atoms with Crippen molar-refractivity contribution in [3.63, 3.8) is 0 Å². The molecule has 8 fully saturated rings. The second-order valence-corrected chi connectivity index (χ2v) is 41.4. The molecule has 18 nitrogen and oxygen atoms in total. The van der Waals surface area contributed by atoms with E-state index in [4.69, 9.17) is 29.4 Å². The molecule has 8 aliphatic rings. The van der Waals surface area contributed by atoms with Crippen LogP contribution in [0.1, 0.15) is 154 Å². The molecule has 12 aromatic carbocycles. The van der Waals surface area contributed by atoms with Crippen molar-refractivity contribution in [2.75, 3.05) is 170 Å². The van der Waals surface area contributed by atoms with Crippen LogP contribution in [0.3, 0.4) is 0 Å². The summed E-state index contributed by atoms with van der Waals surface area (Å²) in [6.45, 7) is 20.1. The van der Waals surface area contributed by atoms with Gasteiger partial charge in [-0.15, -0.1) is 119 Å². The molecule has 776 valence electrons. The fraction of sp³-hybridized carbons (Fsp3) is 0.344. The van der Waals surface area contributed by atoms with Crippen LogP contribution in [0.2, 0.25) is 0 Å². The first-order valence-corrected chi connectivity index (χ1v) is 55.0. The Morgan fingerprint density at radius 2 is 0.353 bits per heavy atom. The molecule has 0 aliphatic carbocycles. The first-order chi connectivity index (χ1) is 72.6. The van der Waals surface area contributed by atoms with Gasteiger partial charge in [0.15, 0.2) is 0 Å². The molecule has 4 radical (unpaired) electrons. The minimum atomic E-state index is 0. The predicted molar refractivity (Wildman–Crippen MR) is 608 cm³/mol. The molecule has 28 rings (SSSR count). The van der Waals surface area contributed by atoms with E-state index in [1.807, 2.05) is 30.5 Å². The van der Waals surface area contributed by atoms with E-state index in [9.17, 15) is 0 Å². The first kappa shape index (κ1) is 104. The van der Waals surface area contributed by atoms with Gasteiger partial charge in [-0.1, -0.05) is 183 Å². The van der Waals surface area contributed by atoms with Gasteiger partial charge in [-0.05, 0) is 184 Å². The molecule has 0 atom stereocenters. The molecule has 0 N–H and O–H groups in total. The molecular formula is C128H132Ir4N16O2-4. The normalized spacial score (nSPS) is 16.9. The zero-order valence-corrected chi connectivity index (χ0v) is 95.4. The van der Waals surface area contributed by atoms with Gasteiger partial charge in [0.05, 0.1) is 71.8 Å². The third-order valence-electron chi connectivity index (χ3n) is 32.6. The minimum absolute atomic E-state index is 0. The summed E-state index contributed by atoms with van der Waals surface area (Å²) in [7, 11) is 0. The Morgan fingerprint density at radius 1 is 0.180 bits per heavy atom. The minimum Gasteiger partial charge on any atom is -0.378 e. The van der Waals surface area contributed by atoms with Crippen molar-refractivity contribution in [3.8, 4) is 45.0 Å². The summed E-state index contributed by atoms with van der Waals surface area (Å²) in [6.07, 6.45) is 39.7. The van der Waals surface area contributed by atoms with Crippen molar-refractivity contribution < 1.29 is 89.9 Å². The molecule has 20 aromatic rings. The Bertz CT molecular complexity index is 7720. The SMILES string of the molecule is [Ir].[Ir].[Ir].[Ir].[c-]1cccc2c1c1ncc(-c3c(N4CCCCC4)cccc3N3CCCCC3)n1c1ccccc21.[c-]1cccc2c1c1ncc(-c3c(N4CCCCCC4)cccc3N3CCCCCC3)n1c1ccccc21.[c-]1cccc2c1c1ncc(-c3c(N4CCCCCCC4)cccc3N3CCCCCCC3)n1c1ccccc21.[c-]1cccc2c1c1ncc(-c3c(N4CCOCC4)cccc3N3CCOCC3)n1c1ccccc21. The summed E-state index contributed by atoms with van der Waals surface area (Å²) in [5, 5.41) is 14.1. The van der Waals surface area contributed by atoms with E-state index in [-0.39, 0.29) is 80.4 Å². The Kier molecular flexibility index (Phi) is 33.4. The maximum absolute atomic E-state index is 5.68. The van der Waals surface area contributed by atoms with Crippen LogP contribution in [0, 0.1) is 24.3 Å². The molecule has 8 saturated heterocycles. The molecule has 22 heteroatoms. The zero-order chi connectivity index (χ0) is 97.0. The summed E-state index contributed by atoms with van der Waals surface area (Å²) in [4.78, 5) is 41.0. The van der Waals surface area contributed by atoms with Crippen molar-refractivity contribution in [2.45, 2.75) is 154 Å². The van der Waals surface area contributed by atoms with Crippen LogP contribution in [0.25, 0.3) is 154 Å². The second-order valence-electron chi connectivity index (χ2n) is 41.4. The maximum Gasteiger partial charge on any atom is 0.0676 e. The standard InChI is InChI=1S/C35H39N4.C33H35N4.C31H31N4.C29H27N4O2.4Ir/c1-3-11-22-37(23-12-4-1)31-20-15-21-32(38-24-13-5-2-6-14-25-38)34(31)33-26-36-35-29-18-8-7-16-27(29)28-17-9-10-19-30(28)39(33)35;1-2-10-21-35(20-9-1)29-18-13-19-30(36-22-11-3-4-12-23-36)32(29)31-24-34-33-27-16-6-5-14-25(27)26-15-7-8-17-28(26)37(31)33;1-7-18-33(19-8-1)27-16-11-17-28(34-20-9-2-10-21-34)30(27)29-22-32-31-25-14-4-3-12-23(25)24-13-5-6-15-26(24)35(29)31;1-2-8-23-21(6-1)22-7-3-4-9-24(22)33-27(20-30-29(23)33)28-25(31-12-16-34-17-13-31)10-5-11-26(28)32-14-18-35-19-15-32;;;;/h7-10,15-17,19-21,26H,1-6,11-14,22-25H2;5-8,13-15,17-19,24H,1-4,9-12,20-23H2;3-6,11-13,15-17,22H,1-2,7-10,18-21H2;1-7,9-11,20H,12-19H2;;;;/q4*-1;;;;. The largest absolute Gasteiger partial charge is 0.378 e. The van der Waals surface area contributed by atoms with Crippen LogP contribution in [-0.4, -0.2) is 169 Å². The number of anilines is 8. The molecule has 0 bridgehead atoms. The van der Waals surface area contributed by atoms with Gasteiger partial charge in [0.2, 0.25) is 0 Å². The average molecular weight is 2700 g/mol. The van der Waals surface area contributed by atoms with Crippen LogP contribution in [0.4, 0.5) is 45.5 Å². The topological polar surface area (TPSA) is 114 Å². The Labute approximate surface area is 935 Å². The van der Waals surface area contributed by atoms with Crippen molar-refractivity contribution in [1.82, 2.24) is 37.5 Å². The van der Waals surface area contributed by atoms with Gasteiger partial charge in [0.1, 0.15) is 0 Å². The molecule has 0 spiro atoms. The maximum atomic E-state index is 5.68. The van der Waals surface area contributed by atoms with Gasteiger partial charge >= 0.3 is 0 Å². The molecule has 8 aliphatic heterocycles. The number of rotatable bonds is 12. The molecule has 8 aromatic heterocycles. The first-order valence-electron chi connectivity index (χ1n) is 55.0. The van der Waals surface area contributed by atoms with Crippen LogP contribution in [0.5, 0.6) is 0 Å². The van der Waals surface area contributed by atoms with E-state index < -0.39 is 0 Å². The van der Waals surface area contributed by atoms with E-state index in [0.29, 0.717) is 0 Å². The quantitative estimate of drug-likeness (QED) is 0.0854. The number of para-hydroxylation sites is 4. The molecule has 150 heavy (non-hydrogen) atoms. The molecular weight excluding hydrogens is 2560 g/mol. The Hall–Kier alpha value is -11.6. The molecule has 0 amide bonds. The summed E-state index contributed by atoms with van der Waals surface area (Å²) in [5.74, 6) is 0. The second kappa shape index (κ2) is 48.2. The number of hydrogen-bond acceptors (Lipinski definition) is 14. The van der Waals surface area contributed by atoms with Crippen LogP contribution in [-0.2, 0) is 89.9 Å². The third-order valence-corrected chi connectivity index (χ3v) is 32.6. The summed E-state index contributed by atoms with van der Waals surface area (Å²) < 4.78 is 20.9. The molecule has 16 heterocycles. The molecule has 0 unspecified atom stereocenters. The van der Waals surface area contributed by atoms with E-state index in [0.717, 1.165) is 186 Å². The number of imidazole rings is 4. The van der Waals surface area contributed by atoms with Gasteiger partial charge in [-0.2, -0.15) is 0 Å². The number of piperidine rings is 2. The average Bonchev–Trinajstić information content (AvgIpc) is 1.51. The third kappa shape index (κ3) is 20.4. The van der Waals surface area contributed by atoms with E-state index in [1.54, 1.807) is 0 Å². The van der Waals surface area contributed by atoms with Gasteiger partial charge in [0, 0.05) is 300 Å². The fourth-order valence-corrected chi connectivity index (χ4v) is 25.5. The van der Waals surface area contributed by atoms with Gasteiger partial charge in [-0.3, -0.25) is 19.9 Å². The van der Waals surface area contributed by atoms with Crippen LogP contribution < -0.4 is 39.2 Å². The summed E-state index contributed by atoms with van der Waals surface area (Å²) in [6, 6.07) is 102. The number of aromatic nitrogens is 8. The van der Waals surface area contributed by atoms with Crippen molar-refractivity contribution in [2.24, 2.45) is 0 Å². The van der Waals surface area contributed by atoms with Crippen molar-refractivity contribution >= 4 is 155 Å².